The third kappa shape index (κ3) is 4.25. The number of thiazole rings is 1. The average Bonchev–Trinajstić information content (AvgIpc) is 2.84. The van der Waals surface area contributed by atoms with Crippen molar-refractivity contribution in [2.24, 2.45) is 5.14 Å². The Bertz CT molecular complexity index is 789. The third-order valence-corrected chi connectivity index (χ3v) is 5.73. The Kier molecular flexibility index (Phi) is 5.54. The summed E-state index contributed by atoms with van der Waals surface area (Å²) < 4.78 is 23.3. The van der Waals surface area contributed by atoms with Gasteiger partial charge in [0.25, 0.3) is 0 Å². The Hall–Kier alpha value is -1.03. The van der Waals surface area contributed by atoms with E-state index in [1.165, 1.54) is 23.5 Å². The van der Waals surface area contributed by atoms with Crippen LogP contribution in [0, 0.1) is 0 Å². The van der Waals surface area contributed by atoms with Crippen molar-refractivity contribution in [2.45, 2.75) is 35.9 Å². The fraction of sp³-hybridized carbons (Fsp3) is 0.385. The first kappa shape index (κ1) is 17.3. The molecular weight excluding hydrogens is 390 g/mol. The molecule has 0 aliphatic carbocycles. The highest BCUT2D eigenvalue weighted by molar-refractivity contribution is 9.10. The normalized spacial score (nSPS) is 13.2. The average molecular weight is 406 g/mol. The molecule has 0 saturated carbocycles. The molecule has 120 valence electrons. The molecule has 3 N–H and O–H groups in total. The van der Waals surface area contributed by atoms with E-state index in [0.717, 1.165) is 19.3 Å². The van der Waals surface area contributed by atoms with Gasteiger partial charge in [-0.2, -0.15) is 0 Å². The molecule has 1 aromatic carbocycles. The molecule has 9 heteroatoms. The van der Waals surface area contributed by atoms with Gasteiger partial charge in [-0.25, -0.2) is 18.5 Å². The molecule has 0 aliphatic heterocycles. The first-order valence-electron chi connectivity index (χ1n) is 6.69. The number of nitrogens with zero attached hydrogens (tertiary/aromatic N) is 1. The number of primary sulfonamides is 1. The Morgan fingerprint density at radius 3 is 2.86 bits per heavy atom. The molecule has 0 bridgehead atoms. The quantitative estimate of drug-likeness (QED) is 0.720. The Morgan fingerprint density at radius 2 is 2.23 bits per heavy atom. The second-order valence-corrected chi connectivity index (χ2v) is 8.49. The lowest BCUT2D eigenvalue weighted by molar-refractivity contribution is -0.115. The summed E-state index contributed by atoms with van der Waals surface area (Å²) in [5, 5.41) is 8.28. The first-order chi connectivity index (χ1) is 10.3. The summed E-state index contributed by atoms with van der Waals surface area (Å²) in [7, 11) is -3.75. The zero-order chi connectivity index (χ0) is 16.3. The zero-order valence-corrected chi connectivity index (χ0v) is 15.1. The van der Waals surface area contributed by atoms with Gasteiger partial charge in [0, 0.05) is 0 Å². The number of amides is 1. The molecule has 0 fully saturated rings. The van der Waals surface area contributed by atoms with Crippen molar-refractivity contribution in [3.63, 3.8) is 0 Å². The largest absolute Gasteiger partial charge is 0.301 e. The molecule has 2 rings (SSSR count). The first-order valence-corrected chi connectivity index (χ1v) is 9.97. The topological polar surface area (TPSA) is 102 Å². The number of nitrogens with two attached hydrogens (primary N) is 1. The van der Waals surface area contributed by atoms with Crippen LogP contribution in [0.1, 0.15) is 26.2 Å². The Balaban J connectivity index is 2.18. The maximum absolute atomic E-state index is 12.0. The SMILES string of the molecule is CCCCC(Br)C(=O)Nc1nc2ccc(S(N)(=O)=O)cc2s1. The molecular formula is C13H16BrN3O3S2. The minimum atomic E-state index is -3.75. The van der Waals surface area contributed by atoms with Gasteiger partial charge in [0.15, 0.2) is 5.13 Å². The van der Waals surface area contributed by atoms with Gasteiger partial charge >= 0.3 is 0 Å². The van der Waals surface area contributed by atoms with E-state index in [1.807, 2.05) is 0 Å². The van der Waals surface area contributed by atoms with Crippen LogP contribution in [-0.2, 0) is 14.8 Å². The number of alkyl halides is 1. The number of hydrogen-bond donors (Lipinski definition) is 2. The minimum absolute atomic E-state index is 0.0304. The smallest absolute Gasteiger partial charge is 0.239 e. The van der Waals surface area contributed by atoms with E-state index in [-0.39, 0.29) is 15.6 Å². The highest BCUT2D eigenvalue weighted by atomic mass is 79.9. The van der Waals surface area contributed by atoms with Crippen molar-refractivity contribution in [2.75, 3.05) is 5.32 Å². The van der Waals surface area contributed by atoms with Crippen LogP contribution in [-0.4, -0.2) is 24.1 Å². The van der Waals surface area contributed by atoms with E-state index in [1.54, 1.807) is 6.07 Å². The molecule has 1 aromatic heterocycles. The Labute approximate surface area is 141 Å². The molecule has 6 nitrogen and oxygen atoms in total. The predicted molar refractivity (Wildman–Crippen MR) is 91.9 cm³/mol. The second kappa shape index (κ2) is 7.03. The highest BCUT2D eigenvalue weighted by Crippen LogP contribution is 2.28. The zero-order valence-electron chi connectivity index (χ0n) is 11.9. The van der Waals surface area contributed by atoms with Crippen LogP contribution in [0.4, 0.5) is 5.13 Å². The number of hydrogen-bond acceptors (Lipinski definition) is 5. The molecule has 0 saturated heterocycles. The van der Waals surface area contributed by atoms with Crippen molar-refractivity contribution in [1.29, 1.82) is 0 Å². The molecule has 0 radical (unpaired) electrons. The summed E-state index contributed by atoms with van der Waals surface area (Å²) in [5.74, 6) is -0.154. The van der Waals surface area contributed by atoms with Gasteiger partial charge in [-0.05, 0) is 24.6 Å². The highest BCUT2D eigenvalue weighted by Gasteiger charge is 2.17. The van der Waals surface area contributed by atoms with E-state index < -0.39 is 10.0 Å². The maximum atomic E-state index is 12.0. The van der Waals surface area contributed by atoms with Crippen molar-refractivity contribution in [3.05, 3.63) is 18.2 Å². The van der Waals surface area contributed by atoms with Crippen molar-refractivity contribution in [1.82, 2.24) is 4.98 Å². The van der Waals surface area contributed by atoms with E-state index in [2.05, 4.69) is 33.2 Å². The number of carbonyl (C=O) groups is 1. The standard InChI is InChI=1S/C13H16BrN3O3S2/c1-2-3-4-9(14)12(18)17-13-16-10-6-5-8(22(15,19)20)7-11(10)21-13/h5-7,9H,2-4H2,1H3,(H2,15,19,20)(H,16,17,18). The number of halogens is 1. The molecule has 0 spiro atoms. The van der Waals surface area contributed by atoms with Crippen LogP contribution in [0.25, 0.3) is 10.2 Å². The van der Waals surface area contributed by atoms with Gasteiger partial charge in [0.05, 0.1) is 19.9 Å². The number of carbonyl (C=O) groups excluding carboxylic acids is 1. The third-order valence-electron chi connectivity index (χ3n) is 3.01. The monoisotopic (exact) mass is 405 g/mol. The lowest BCUT2D eigenvalue weighted by Crippen LogP contribution is -2.22. The predicted octanol–water partition coefficient (Wildman–Crippen LogP) is 2.84. The summed E-state index contributed by atoms with van der Waals surface area (Å²) in [6, 6.07) is 4.43. The van der Waals surface area contributed by atoms with Crippen LogP contribution in [0.2, 0.25) is 0 Å². The molecule has 22 heavy (non-hydrogen) atoms. The van der Waals surface area contributed by atoms with Gasteiger partial charge in [-0.15, -0.1) is 0 Å². The summed E-state index contributed by atoms with van der Waals surface area (Å²) in [4.78, 5) is 16.0. The lowest BCUT2D eigenvalue weighted by Gasteiger charge is -2.07. The minimum Gasteiger partial charge on any atom is -0.301 e. The number of nitrogens with one attached hydrogen (secondary N) is 1. The van der Waals surface area contributed by atoms with Gasteiger partial charge in [-0.3, -0.25) is 4.79 Å². The van der Waals surface area contributed by atoms with Crippen molar-refractivity contribution in [3.8, 4) is 0 Å². The van der Waals surface area contributed by atoms with E-state index in [4.69, 9.17) is 5.14 Å². The number of sulfonamides is 1. The van der Waals surface area contributed by atoms with Crippen LogP contribution >= 0.6 is 27.3 Å². The fourth-order valence-corrected chi connectivity index (χ4v) is 3.79. The van der Waals surface area contributed by atoms with Crippen LogP contribution in [0.5, 0.6) is 0 Å². The van der Waals surface area contributed by atoms with Gasteiger partial charge < -0.3 is 5.32 Å². The van der Waals surface area contributed by atoms with Crippen molar-refractivity contribution < 1.29 is 13.2 Å². The van der Waals surface area contributed by atoms with Crippen molar-refractivity contribution >= 4 is 58.5 Å². The molecule has 1 amide bonds. The molecule has 1 unspecified atom stereocenters. The fourth-order valence-electron chi connectivity index (χ4n) is 1.83. The molecule has 0 aliphatic rings. The lowest BCUT2D eigenvalue weighted by atomic mass is 10.2. The number of anilines is 1. The molecule has 1 atom stereocenters. The second-order valence-electron chi connectivity index (χ2n) is 4.79. The van der Waals surface area contributed by atoms with E-state index >= 15 is 0 Å². The van der Waals surface area contributed by atoms with Gasteiger partial charge in [0.1, 0.15) is 0 Å². The number of benzene rings is 1. The van der Waals surface area contributed by atoms with Crippen LogP contribution in [0.3, 0.4) is 0 Å². The van der Waals surface area contributed by atoms with E-state index in [9.17, 15) is 13.2 Å². The van der Waals surface area contributed by atoms with Crippen LogP contribution < -0.4 is 10.5 Å². The molecule has 2 aromatic rings. The summed E-state index contributed by atoms with van der Waals surface area (Å²) >= 11 is 4.57. The summed E-state index contributed by atoms with van der Waals surface area (Å²) in [6.07, 6.45) is 2.73. The Morgan fingerprint density at radius 1 is 1.50 bits per heavy atom. The number of unbranched alkanes of at least 4 members (excludes halogenated alkanes) is 1. The number of fused-ring (bicyclic) bond motifs is 1. The maximum Gasteiger partial charge on any atom is 0.239 e. The van der Waals surface area contributed by atoms with Gasteiger partial charge in [0.2, 0.25) is 15.9 Å². The molecule has 1 heterocycles. The summed E-state index contributed by atoms with van der Waals surface area (Å²) in [6.45, 7) is 2.06. The summed E-state index contributed by atoms with van der Waals surface area (Å²) in [5.41, 5.74) is 0.618. The van der Waals surface area contributed by atoms with Gasteiger partial charge in [-0.1, -0.05) is 47.0 Å². The van der Waals surface area contributed by atoms with E-state index in [0.29, 0.717) is 15.3 Å². The van der Waals surface area contributed by atoms with Crippen LogP contribution in [0.15, 0.2) is 23.1 Å². The number of aromatic nitrogens is 1. The number of rotatable bonds is 6.